The molecule has 1 aliphatic heterocycles. The van der Waals surface area contributed by atoms with Crippen molar-refractivity contribution in [3.8, 4) is 5.75 Å². The van der Waals surface area contributed by atoms with Crippen molar-refractivity contribution < 1.29 is 4.74 Å². The third-order valence-electron chi connectivity index (χ3n) is 5.36. The van der Waals surface area contributed by atoms with Gasteiger partial charge in [-0.15, -0.1) is 0 Å². The number of ether oxygens (including phenoxy) is 1. The Labute approximate surface area is 171 Å². The number of piperazine rings is 1. The first-order valence-electron chi connectivity index (χ1n) is 10.5. The molecule has 0 bridgehead atoms. The maximum atomic E-state index is 6.00. The Morgan fingerprint density at radius 1 is 1.11 bits per heavy atom. The van der Waals surface area contributed by atoms with Crippen molar-refractivity contribution in [2.24, 2.45) is 10.9 Å². The van der Waals surface area contributed by atoms with Gasteiger partial charge in [0.25, 0.3) is 0 Å². The van der Waals surface area contributed by atoms with Gasteiger partial charge in [-0.05, 0) is 44.5 Å². The van der Waals surface area contributed by atoms with Gasteiger partial charge in [-0.2, -0.15) is 0 Å². The molecule has 0 spiro atoms. The summed E-state index contributed by atoms with van der Waals surface area (Å²) in [6.07, 6.45) is 0.0545. The molecule has 6 heteroatoms. The van der Waals surface area contributed by atoms with Gasteiger partial charge in [0.1, 0.15) is 11.9 Å². The number of guanidine groups is 1. The third-order valence-corrected chi connectivity index (χ3v) is 5.36. The average molecular weight is 390 g/mol. The molecular weight excluding hydrogens is 350 g/mol. The first-order valence-corrected chi connectivity index (χ1v) is 10.5. The van der Waals surface area contributed by atoms with Gasteiger partial charge in [0.05, 0.1) is 6.54 Å². The first kappa shape index (κ1) is 22.5. The Hall–Kier alpha value is -1.79. The molecular formula is C22H39N5O. The van der Waals surface area contributed by atoms with E-state index in [2.05, 4.69) is 72.3 Å². The van der Waals surface area contributed by atoms with Gasteiger partial charge in [-0.3, -0.25) is 9.89 Å². The van der Waals surface area contributed by atoms with E-state index in [1.807, 2.05) is 19.2 Å². The van der Waals surface area contributed by atoms with Crippen LogP contribution in [0.15, 0.2) is 29.3 Å². The predicted octanol–water partition coefficient (Wildman–Crippen LogP) is 2.20. The molecule has 1 saturated heterocycles. The van der Waals surface area contributed by atoms with E-state index in [0.717, 1.165) is 44.4 Å². The maximum absolute atomic E-state index is 6.00. The summed E-state index contributed by atoms with van der Waals surface area (Å²) in [7, 11) is 4.02. The summed E-state index contributed by atoms with van der Waals surface area (Å²) < 4.78 is 6.00. The normalized spacial score (nSPS) is 18.8. The van der Waals surface area contributed by atoms with Crippen molar-refractivity contribution in [1.82, 2.24) is 20.4 Å². The lowest BCUT2D eigenvalue weighted by atomic mass is 10.0. The van der Waals surface area contributed by atoms with E-state index in [1.54, 1.807) is 0 Å². The van der Waals surface area contributed by atoms with Crippen molar-refractivity contribution in [3.05, 3.63) is 29.8 Å². The molecule has 0 aliphatic carbocycles. The number of nitrogens with one attached hydrogen (secondary N) is 2. The van der Waals surface area contributed by atoms with Gasteiger partial charge >= 0.3 is 0 Å². The number of likely N-dealkylation sites (N-methyl/N-ethyl adjacent to an activating group) is 1. The molecule has 1 heterocycles. The fourth-order valence-corrected chi connectivity index (χ4v) is 3.56. The molecule has 0 amide bonds. The average Bonchev–Trinajstić information content (AvgIpc) is 2.65. The summed E-state index contributed by atoms with van der Waals surface area (Å²) in [6.45, 7) is 14.9. The molecule has 2 rings (SSSR count). The second-order valence-corrected chi connectivity index (χ2v) is 8.23. The van der Waals surface area contributed by atoms with E-state index >= 15 is 0 Å². The maximum Gasteiger partial charge on any atom is 0.191 e. The molecule has 1 aromatic carbocycles. The molecule has 2 N–H and O–H groups in total. The molecule has 158 valence electrons. The highest BCUT2D eigenvalue weighted by molar-refractivity contribution is 5.79. The van der Waals surface area contributed by atoms with Crippen LogP contribution in [0, 0.1) is 12.8 Å². The molecule has 2 atom stereocenters. The zero-order chi connectivity index (χ0) is 20.5. The molecule has 6 nitrogen and oxygen atoms in total. The van der Waals surface area contributed by atoms with Crippen molar-refractivity contribution in [3.63, 3.8) is 0 Å². The quantitative estimate of drug-likeness (QED) is 0.527. The zero-order valence-electron chi connectivity index (χ0n) is 18.5. The van der Waals surface area contributed by atoms with Crippen molar-refractivity contribution in [1.29, 1.82) is 0 Å². The molecule has 0 aromatic heterocycles. The summed E-state index contributed by atoms with van der Waals surface area (Å²) >= 11 is 0. The van der Waals surface area contributed by atoms with Gasteiger partial charge < -0.3 is 20.3 Å². The Bertz CT molecular complexity index is 611. The number of aliphatic imine (C=N–C) groups is 1. The van der Waals surface area contributed by atoms with Gasteiger partial charge in [0.2, 0.25) is 0 Å². The van der Waals surface area contributed by atoms with Crippen molar-refractivity contribution in [2.45, 2.75) is 39.8 Å². The van der Waals surface area contributed by atoms with E-state index in [4.69, 9.17) is 4.74 Å². The Morgan fingerprint density at radius 2 is 1.79 bits per heavy atom. The van der Waals surface area contributed by atoms with Crippen LogP contribution in [-0.4, -0.2) is 81.3 Å². The second kappa shape index (κ2) is 11.3. The highest BCUT2D eigenvalue weighted by Crippen LogP contribution is 2.14. The third kappa shape index (κ3) is 7.32. The van der Waals surface area contributed by atoms with Crippen LogP contribution in [0.4, 0.5) is 0 Å². The number of hydrogen-bond acceptors (Lipinski definition) is 4. The largest absolute Gasteiger partial charge is 0.489 e. The summed E-state index contributed by atoms with van der Waals surface area (Å²) in [5.41, 5.74) is 1.21. The highest BCUT2D eigenvalue weighted by atomic mass is 16.5. The molecule has 0 saturated carbocycles. The molecule has 28 heavy (non-hydrogen) atoms. The van der Waals surface area contributed by atoms with Crippen molar-refractivity contribution in [2.75, 3.05) is 53.4 Å². The van der Waals surface area contributed by atoms with Crippen molar-refractivity contribution >= 4 is 5.96 Å². The van der Waals surface area contributed by atoms with E-state index in [0.29, 0.717) is 18.5 Å². The van der Waals surface area contributed by atoms with Crippen LogP contribution >= 0.6 is 0 Å². The molecule has 2 unspecified atom stereocenters. The monoisotopic (exact) mass is 389 g/mol. The second-order valence-electron chi connectivity index (χ2n) is 8.23. The van der Waals surface area contributed by atoms with Crippen LogP contribution in [0.25, 0.3) is 0 Å². The minimum atomic E-state index is 0.0545. The summed E-state index contributed by atoms with van der Waals surface area (Å²) in [5.74, 6) is 2.34. The Morgan fingerprint density at radius 3 is 2.39 bits per heavy atom. The van der Waals surface area contributed by atoms with Crippen LogP contribution in [0.2, 0.25) is 0 Å². The minimum absolute atomic E-state index is 0.0545. The van der Waals surface area contributed by atoms with Crippen LogP contribution in [-0.2, 0) is 0 Å². The van der Waals surface area contributed by atoms with Gasteiger partial charge in [-0.25, -0.2) is 0 Å². The lowest BCUT2D eigenvalue weighted by Gasteiger charge is -2.40. The topological polar surface area (TPSA) is 52.1 Å². The summed E-state index contributed by atoms with van der Waals surface area (Å²) in [4.78, 5) is 9.39. The van der Waals surface area contributed by atoms with E-state index in [9.17, 15) is 0 Å². The fraction of sp³-hybridized carbons (Fsp3) is 0.682. The highest BCUT2D eigenvalue weighted by Gasteiger charge is 2.25. The van der Waals surface area contributed by atoms with Gasteiger partial charge in [0.15, 0.2) is 5.96 Å². The number of nitrogens with zero attached hydrogens (tertiary/aromatic N) is 3. The molecule has 1 fully saturated rings. The summed E-state index contributed by atoms with van der Waals surface area (Å²) in [6, 6.07) is 8.67. The fourth-order valence-electron chi connectivity index (χ4n) is 3.56. The lowest BCUT2D eigenvalue weighted by Crippen LogP contribution is -2.55. The van der Waals surface area contributed by atoms with E-state index < -0.39 is 0 Å². The van der Waals surface area contributed by atoms with E-state index in [1.165, 1.54) is 5.56 Å². The Kier molecular flexibility index (Phi) is 9.06. The molecule has 0 radical (unpaired) electrons. The lowest BCUT2D eigenvalue weighted by molar-refractivity contribution is 0.0899. The van der Waals surface area contributed by atoms with Gasteiger partial charge in [0, 0.05) is 45.8 Å². The Balaban J connectivity index is 1.79. The van der Waals surface area contributed by atoms with Gasteiger partial charge in [-0.1, -0.05) is 26.0 Å². The van der Waals surface area contributed by atoms with Crippen LogP contribution in [0.3, 0.4) is 0 Å². The molecule has 1 aromatic rings. The predicted molar refractivity (Wildman–Crippen MR) is 118 cm³/mol. The number of aryl methyl sites for hydroxylation is 1. The van der Waals surface area contributed by atoms with Crippen LogP contribution in [0.1, 0.15) is 26.3 Å². The standard InChI is InChI=1S/C22H39N5O/c1-17(2)21(27-12-10-26(6)11-13-27)16-25-22(23-5)24-15-19(4)28-20-9-7-8-18(3)14-20/h7-9,14,17,19,21H,10-13,15-16H2,1-6H3,(H2,23,24,25). The SMILES string of the molecule is CN=C(NCC(C)Oc1cccc(C)c1)NCC(C(C)C)N1CCN(C)CC1. The minimum Gasteiger partial charge on any atom is -0.489 e. The van der Waals surface area contributed by atoms with Crippen LogP contribution < -0.4 is 15.4 Å². The van der Waals surface area contributed by atoms with Crippen LogP contribution in [0.5, 0.6) is 5.75 Å². The van der Waals surface area contributed by atoms with E-state index in [-0.39, 0.29) is 6.10 Å². The molecule has 1 aliphatic rings. The number of benzene rings is 1. The smallest absolute Gasteiger partial charge is 0.191 e. The number of hydrogen-bond donors (Lipinski definition) is 2. The zero-order valence-corrected chi connectivity index (χ0v) is 18.5. The summed E-state index contributed by atoms with van der Waals surface area (Å²) in [5, 5.41) is 6.91. The first-order chi connectivity index (χ1) is 13.4. The number of rotatable bonds is 8.